The summed E-state index contributed by atoms with van der Waals surface area (Å²) >= 11 is 6.33. The molecule has 2 aromatic rings. The predicted octanol–water partition coefficient (Wildman–Crippen LogP) is 3.39. The van der Waals surface area contributed by atoms with E-state index in [2.05, 4.69) is 5.16 Å². The molecular formula is C18H17ClN2O2. The Morgan fingerprint density at radius 1 is 1.17 bits per heavy atom. The number of likely N-dealkylation sites (tertiary alicyclic amines) is 1. The zero-order valence-corrected chi connectivity index (χ0v) is 13.4. The molecule has 1 amide bonds. The number of hydrogen-bond acceptors (Lipinski definition) is 3. The number of halogens is 1. The van der Waals surface area contributed by atoms with Crippen LogP contribution in [-0.2, 0) is 4.79 Å². The molecule has 3 rings (SSSR count). The van der Waals surface area contributed by atoms with E-state index in [9.17, 15) is 10.0 Å². The van der Waals surface area contributed by atoms with Crippen LogP contribution in [0.3, 0.4) is 0 Å². The first-order chi connectivity index (χ1) is 11.1. The molecule has 0 spiro atoms. The maximum atomic E-state index is 12.7. The number of benzene rings is 2. The van der Waals surface area contributed by atoms with E-state index in [1.807, 2.05) is 54.6 Å². The lowest BCUT2D eigenvalue weighted by Crippen LogP contribution is -2.29. The van der Waals surface area contributed by atoms with Gasteiger partial charge in [0.05, 0.1) is 11.6 Å². The number of oxime groups is 1. The first-order valence-electron chi connectivity index (χ1n) is 7.40. The summed E-state index contributed by atoms with van der Waals surface area (Å²) in [5.74, 6) is -0.758. The third-order valence-corrected chi connectivity index (χ3v) is 4.64. The van der Waals surface area contributed by atoms with Gasteiger partial charge in [-0.3, -0.25) is 4.79 Å². The van der Waals surface area contributed by atoms with Gasteiger partial charge in [0.15, 0.2) is 0 Å². The lowest BCUT2D eigenvalue weighted by molar-refractivity contribution is -0.128. The fourth-order valence-corrected chi connectivity index (χ4v) is 3.45. The summed E-state index contributed by atoms with van der Waals surface area (Å²) in [5.41, 5.74) is 2.01. The number of carbonyl (C=O) groups is 1. The fourth-order valence-electron chi connectivity index (χ4n) is 3.17. The van der Waals surface area contributed by atoms with Crippen LogP contribution in [0, 0.1) is 5.92 Å². The zero-order chi connectivity index (χ0) is 16.4. The lowest BCUT2D eigenvalue weighted by Gasteiger charge is -2.19. The molecule has 1 aliphatic heterocycles. The summed E-state index contributed by atoms with van der Waals surface area (Å²) in [6.07, 6.45) is 0. The summed E-state index contributed by atoms with van der Waals surface area (Å²) < 4.78 is 0. The Bertz CT molecular complexity index is 746. The van der Waals surface area contributed by atoms with E-state index in [0.717, 1.165) is 11.1 Å². The van der Waals surface area contributed by atoms with Gasteiger partial charge in [0.25, 0.3) is 0 Å². The molecule has 23 heavy (non-hydrogen) atoms. The zero-order valence-electron chi connectivity index (χ0n) is 12.7. The van der Waals surface area contributed by atoms with Crippen LogP contribution in [0.25, 0.3) is 0 Å². The van der Waals surface area contributed by atoms with Gasteiger partial charge in [0, 0.05) is 30.1 Å². The Morgan fingerprint density at radius 3 is 2.48 bits per heavy atom. The molecule has 1 saturated heterocycles. The van der Waals surface area contributed by atoms with Crippen LogP contribution >= 0.6 is 11.6 Å². The largest absolute Gasteiger partial charge is 0.411 e. The normalized spacial score (nSPS) is 21.7. The highest BCUT2D eigenvalue weighted by Crippen LogP contribution is 2.38. The second-order valence-corrected chi connectivity index (χ2v) is 6.08. The molecule has 0 saturated carbocycles. The molecule has 1 heterocycles. The maximum absolute atomic E-state index is 12.7. The molecule has 0 unspecified atom stereocenters. The molecule has 118 valence electrons. The van der Waals surface area contributed by atoms with Crippen molar-refractivity contribution in [2.45, 2.75) is 5.92 Å². The highest BCUT2D eigenvalue weighted by molar-refractivity contribution is 6.31. The van der Waals surface area contributed by atoms with E-state index in [0.29, 0.717) is 17.3 Å². The summed E-state index contributed by atoms with van der Waals surface area (Å²) in [6.45, 7) is 0.541. The Balaban J connectivity index is 2.07. The predicted molar refractivity (Wildman–Crippen MR) is 90.1 cm³/mol. The number of hydrogen-bond donors (Lipinski definition) is 1. The van der Waals surface area contributed by atoms with Crippen LogP contribution in [-0.4, -0.2) is 35.3 Å². The molecule has 0 radical (unpaired) electrons. The summed E-state index contributed by atoms with van der Waals surface area (Å²) in [4.78, 5) is 14.3. The molecule has 2 aromatic carbocycles. The second kappa shape index (κ2) is 6.42. The molecule has 2 atom stereocenters. The minimum Gasteiger partial charge on any atom is -0.411 e. The molecular weight excluding hydrogens is 312 g/mol. The Labute approximate surface area is 140 Å². The topological polar surface area (TPSA) is 52.9 Å². The Morgan fingerprint density at radius 2 is 1.83 bits per heavy atom. The highest BCUT2D eigenvalue weighted by atomic mass is 35.5. The van der Waals surface area contributed by atoms with Gasteiger partial charge >= 0.3 is 0 Å². The van der Waals surface area contributed by atoms with Gasteiger partial charge in [-0.25, -0.2) is 0 Å². The van der Waals surface area contributed by atoms with E-state index in [1.165, 1.54) is 0 Å². The molecule has 4 nitrogen and oxygen atoms in total. The van der Waals surface area contributed by atoms with Crippen molar-refractivity contribution in [1.82, 2.24) is 4.90 Å². The average Bonchev–Trinajstić information content (AvgIpc) is 2.86. The van der Waals surface area contributed by atoms with E-state index in [-0.39, 0.29) is 11.8 Å². The van der Waals surface area contributed by atoms with Crippen LogP contribution < -0.4 is 0 Å². The summed E-state index contributed by atoms with van der Waals surface area (Å²) in [7, 11) is 1.76. The van der Waals surface area contributed by atoms with Crippen LogP contribution in [0.2, 0.25) is 5.02 Å². The molecule has 0 aliphatic carbocycles. The van der Waals surface area contributed by atoms with Crippen molar-refractivity contribution in [2.24, 2.45) is 11.1 Å². The molecule has 5 heteroatoms. The van der Waals surface area contributed by atoms with Gasteiger partial charge in [-0.2, -0.15) is 0 Å². The molecule has 1 aliphatic rings. The SMILES string of the molecule is CN1C[C@@H](c2ccccc2Cl)[C@H](/C(=N/O)c2ccccc2)C1=O. The van der Waals surface area contributed by atoms with Crippen LogP contribution in [0.1, 0.15) is 17.0 Å². The first-order valence-corrected chi connectivity index (χ1v) is 7.78. The second-order valence-electron chi connectivity index (χ2n) is 5.68. The van der Waals surface area contributed by atoms with E-state index >= 15 is 0 Å². The summed E-state index contributed by atoms with van der Waals surface area (Å²) in [6, 6.07) is 16.8. The fraction of sp³-hybridized carbons (Fsp3) is 0.222. The smallest absolute Gasteiger partial charge is 0.232 e. The van der Waals surface area contributed by atoms with Crippen LogP contribution in [0.15, 0.2) is 59.8 Å². The molecule has 1 N–H and O–H groups in total. The van der Waals surface area contributed by atoms with Gasteiger partial charge in [-0.15, -0.1) is 0 Å². The quantitative estimate of drug-likeness (QED) is 0.533. The molecule has 0 bridgehead atoms. The number of amides is 1. The standard InChI is InChI=1S/C18H17ClN2O2/c1-21-11-14(13-9-5-6-10-15(13)19)16(18(21)22)17(20-23)12-7-3-2-4-8-12/h2-10,14,16,23H,11H2,1H3/b20-17+/t14-,16+/m0/s1. The summed E-state index contributed by atoms with van der Waals surface area (Å²) in [5, 5.41) is 13.6. The Hall–Kier alpha value is -2.33. The van der Waals surface area contributed by atoms with Gasteiger partial charge in [-0.1, -0.05) is 65.3 Å². The van der Waals surface area contributed by atoms with Crippen molar-refractivity contribution in [3.8, 4) is 0 Å². The molecule has 1 fully saturated rings. The minimum atomic E-state index is -0.549. The number of nitrogens with zero attached hydrogens (tertiary/aromatic N) is 2. The van der Waals surface area contributed by atoms with Gasteiger partial charge < -0.3 is 10.1 Å². The van der Waals surface area contributed by atoms with E-state index in [4.69, 9.17) is 11.6 Å². The average molecular weight is 329 g/mol. The number of likely N-dealkylation sites (N-methyl/N-ethyl adjacent to an activating group) is 1. The van der Waals surface area contributed by atoms with Crippen molar-refractivity contribution in [1.29, 1.82) is 0 Å². The van der Waals surface area contributed by atoms with Crippen molar-refractivity contribution in [3.63, 3.8) is 0 Å². The Kier molecular flexibility index (Phi) is 4.35. The van der Waals surface area contributed by atoms with Gasteiger partial charge in [0.2, 0.25) is 5.91 Å². The number of rotatable bonds is 3. The third-order valence-electron chi connectivity index (χ3n) is 4.29. The van der Waals surface area contributed by atoms with Crippen molar-refractivity contribution in [2.75, 3.05) is 13.6 Å². The molecule has 0 aromatic heterocycles. The van der Waals surface area contributed by atoms with Crippen molar-refractivity contribution < 1.29 is 10.0 Å². The van der Waals surface area contributed by atoms with Crippen LogP contribution in [0.4, 0.5) is 0 Å². The lowest BCUT2D eigenvalue weighted by atomic mass is 9.83. The van der Waals surface area contributed by atoms with E-state index < -0.39 is 5.92 Å². The number of carbonyl (C=O) groups excluding carboxylic acids is 1. The maximum Gasteiger partial charge on any atom is 0.232 e. The van der Waals surface area contributed by atoms with Crippen molar-refractivity contribution in [3.05, 3.63) is 70.7 Å². The van der Waals surface area contributed by atoms with Crippen molar-refractivity contribution >= 4 is 23.2 Å². The third kappa shape index (κ3) is 2.82. The van der Waals surface area contributed by atoms with Gasteiger partial charge in [-0.05, 0) is 11.6 Å². The highest BCUT2D eigenvalue weighted by Gasteiger charge is 2.44. The van der Waals surface area contributed by atoms with E-state index in [1.54, 1.807) is 11.9 Å². The van der Waals surface area contributed by atoms with Gasteiger partial charge in [0.1, 0.15) is 0 Å². The monoisotopic (exact) mass is 328 g/mol. The first kappa shape index (κ1) is 15.6. The minimum absolute atomic E-state index is 0.0634. The van der Waals surface area contributed by atoms with Crippen LogP contribution in [0.5, 0.6) is 0 Å².